The maximum atomic E-state index is 13.2. The number of anilines is 1. The lowest BCUT2D eigenvalue weighted by Gasteiger charge is -2.13. The van der Waals surface area contributed by atoms with E-state index in [0.29, 0.717) is 22.7 Å². The molecular weight excluding hydrogens is 426 g/mol. The number of nitrogens with one attached hydrogen (secondary N) is 2. The van der Waals surface area contributed by atoms with Crippen LogP contribution in [0.3, 0.4) is 0 Å². The molecule has 3 aromatic rings. The molecule has 0 bridgehead atoms. The number of amides is 2. The molecule has 7 nitrogen and oxygen atoms in total. The summed E-state index contributed by atoms with van der Waals surface area (Å²) in [5.74, 6) is -0.835. The summed E-state index contributed by atoms with van der Waals surface area (Å²) < 4.78 is 0. The topological polar surface area (TPSA) is 101 Å². The molecule has 8 heteroatoms. The van der Waals surface area contributed by atoms with Crippen molar-refractivity contribution in [1.29, 1.82) is 0 Å². The summed E-state index contributed by atoms with van der Waals surface area (Å²) in [5, 5.41) is 17.7. The summed E-state index contributed by atoms with van der Waals surface area (Å²) in [4.78, 5) is 38.2. The van der Waals surface area contributed by atoms with E-state index in [9.17, 15) is 19.7 Å². The first-order valence-corrected chi connectivity index (χ1v) is 11.3. The maximum Gasteiger partial charge on any atom is 0.285 e. The fraction of sp³-hybridized carbons (Fsp3) is 0.250. The molecule has 2 N–H and O–H groups in total. The molecule has 2 aromatic carbocycles. The Labute approximate surface area is 189 Å². The molecule has 164 valence electrons. The van der Waals surface area contributed by atoms with E-state index in [4.69, 9.17) is 0 Å². The summed E-state index contributed by atoms with van der Waals surface area (Å²) >= 11 is 1.39. The van der Waals surface area contributed by atoms with Gasteiger partial charge in [0.15, 0.2) is 0 Å². The number of hydrogen-bond acceptors (Lipinski definition) is 5. The van der Waals surface area contributed by atoms with Crippen LogP contribution in [0.2, 0.25) is 0 Å². The Morgan fingerprint density at radius 1 is 1.03 bits per heavy atom. The van der Waals surface area contributed by atoms with Crippen molar-refractivity contribution >= 4 is 33.8 Å². The SMILES string of the molecule is Cc1cccc(C(=O)Nc2sc3c(c2C(=O)NCc2ccccc2)CCCC3)c1[N+](=O)[O-]. The molecule has 0 fully saturated rings. The van der Waals surface area contributed by atoms with Crippen LogP contribution in [-0.4, -0.2) is 16.7 Å². The van der Waals surface area contributed by atoms with Gasteiger partial charge in [0.05, 0.1) is 10.5 Å². The summed E-state index contributed by atoms with van der Waals surface area (Å²) in [6, 6.07) is 14.3. The minimum atomic E-state index is -0.587. The van der Waals surface area contributed by atoms with Crippen LogP contribution in [0.4, 0.5) is 10.7 Å². The second-order valence-corrected chi connectivity index (χ2v) is 8.87. The van der Waals surface area contributed by atoms with Gasteiger partial charge < -0.3 is 10.6 Å². The molecule has 2 amide bonds. The third-order valence-corrected chi connectivity index (χ3v) is 6.79. The van der Waals surface area contributed by atoms with Gasteiger partial charge in [-0.15, -0.1) is 11.3 Å². The number of thiophene rings is 1. The molecule has 0 unspecified atom stereocenters. The standard InChI is InChI=1S/C24H23N3O4S/c1-15-8-7-12-18(21(15)27(30)31)22(28)26-24-20(17-11-5-6-13-19(17)32-24)23(29)25-14-16-9-3-2-4-10-16/h2-4,7-10,12H,5-6,11,13-14H2,1H3,(H,25,29)(H,26,28). The van der Waals surface area contributed by atoms with Gasteiger partial charge in [-0.2, -0.15) is 0 Å². The van der Waals surface area contributed by atoms with Gasteiger partial charge in [-0.1, -0.05) is 42.5 Å². The van der Waals surface area contributed by atoms with Gasteiger partial charge in [0, 0.05) is 17.0 Å². The van der Waals surface area contributed by atoms with E-state index >= 15 is 0 Å². The summed E-state index contributed by atoms with van der Waals surface area (Å²) in [7, 11) is 0. The van der Waals surface area contributed by atoms with E-state index in [1.165, 1.54) is 17.4 Å². The number of rotatable bonds is 6. The number of nitro benzene ring substituents is 1. The zero-order valence-corrected chi connectivity index (χ0v) is 18.5. The lowest BCUT2D eigenvalue weighted by atomic mass is 9.95. The van der Waals surface area contributed by atoms with Gasteiger partial charge >= 0.3 is 0 Å². The molecule has 32 heavy (non-hydrogen) atoms. The summed E-state index contributed by atoms with van der Waals surface area (Å²) in [5.41, 5.74) is 2.60. The predicted molar refractivity (Wildman–Crippen MR) is 124 cm³/mol. The molecule has 0 spiro atoms. The summed E-state index contributed by atoms with van der Waals surface area (Å²) in [6.07, 6.45) is 3.66. The van der Waals surface area contributed by atoms with Gasteiger partial charge in [0.1, 0.15) is 10.6 Å². The number of nitro groups is 1. The Hall–Kier alpha value is -3.52. The minimum Gasteiger partial charge on any atom is -0.348 e. The summed E-state index contributed by atoms with van der Waals surface area (Å²) in [6.45, 7) is 1.97. The third kappa shape index (κ3) is 4.40. The molecule has 1 heterocycles. The molecule has 0 saturated carbocycles. The second-order valence-electron chi connectivity index (χ2n) is 7.77. The van der Waals surface area contributed by atoms with E-state index in [1.54, 1.807) is 19.1 Å². The number of para-hydroxylation sites is 1. The molecule has 1 aliphatic rings. The van der Waals surface area contributed by atoms with Crippen molar-refractivity contribution < 1.29 is 14.5 Å². The van der Waals surface area contributed by atoms with Crippen molar-refractivity contribution in [1.82, 2.24) is 5.32 Å². The Balaban J connectivity index is 1.64. The van der Waals surface area contributed by atoms with Crippen LogP contribution in [0.15, 0.2) is 48.5 Å². The van der Waals surface area contributed by atoms with Crippen LogP contribution >= 0.6 is 11.3 Å². The Morgan fingerprint density at radius 2 is 1.78 bits per heavy atom. The number of aryl methyl sites for hydroxylation is 2. The Kier molecular flexibility index (Phi) is 6.32. The average molecular weight is 450 g/mol. The Bertz CT molecular complexity index is 1190. The van der Waals surface area contributed by atoms with Gasteiger partial charge in [-0.3, -0.25) is 19.7 Å². The van der Waals surface area contributed by atoms with E-state index in [1.807, 2.05) is 30.3 Å². The number of carbonyl (C=O) groups excluding carboxylic acids is 2. The van der Waals surface area contributed by atoms with Crippen molar-refractivity contribution in [3.63, 3.8) is 0 Å². The van der Waals surface area contributed by atoms with Gasteiger partial charge in [0.25, 0.3) is 17.5 Å². The number of carbonyl (C=O) groups is 2. The van der Waals surface area contributed by atoms with Crippen molar-refractivity contribution in [2.24, 2.45) is 0 Å². The maximum absolute atomic E-state index is 13.2. The highest BCUT2D eigenvalue weighted by molar-refractivity contribution is 7.17. The zero-order chi connectivity index (χ0) is 22.7. The van der Waals surface area contributed by atoms with E-state index in [0.717, 1.165) is 41.7 Å². The normalized spacial score (nSPS) is 12.7. The molecule has 0 atom stereocenters. The Morgan fingerprint density at radius 3 is 2.53 bits per heavy atom. The number of nitrogens with zero attached hydrogens (tertiary/aromatic N) is 1. The van der Waals surface area contributed by atoms with Crippen molar-refractivity contribution in [2.75, 3.05) is 5.32 Å². The van der Waals surface area contributed by atoms with Crippen LogP contribution in [-0.2, 0) is 19.4 Å². The van der Waals surface area contributed by atoms with Gasteiger partial charge in [0.2, 0.25) is 0 Å². The van der Waals surface area contributed by atoms with Crippen LogP contribution in [0.1, 0.15) is 55.1 Å². The average Bonchev–Trinajstić information content (AvgIpc) is 3.15. The first-order chi connectivity index (χ1) is 15.5. The highest BCUT2D eigenvalue weighted by Gasteiger charge is 2.28. The minimum absolute atomic E-state index is 0.0167. The monoisotopic (exact) mass is 449 g/mol. The second kappa shape index (κ2) is 9.32. The largest absolute Gasteiger partial charge is 0.348 e. The molecule has 4 rings (SSSR count). The molecule has 0 aliphatic heterocycles. The number of hydrogen-bond donors (Lipinski definition) is 2. The fourth-order valence-electron chi connectivity index (χ4n) is 4.02. The fourth-order valence-corrected chi connectivity index (χ4v) is 5.30. The molecule has 1 aliphatic carbocycles. The first kappa shape index (κ1) is 21.7. The lowest BCUT2D eigenvalue weighted by Crippen LogP contribution is -2.25. The molecule has 0 saturated heterocycles. The van der Waals surface area contributed by atoms with Crippen molar-refractivity contribution in [3.8, 4) is 0 Å². The zero-order valence-electron chi connectivity index (χ0n) is 17.6. The number of benzene rings is 2. The quantitative estimate of drug-likeness (QED) is 0.407. The van der Waals surface area contributed by atoms with E-state index in [-0.39, 0.29) is 17.2 Å². The van der Waals surface area contributed by atoms with Crippen LogP contribution < -0.4 is 10.6 Å². The van der Waals surface area contributed by atoms with Gasteiger partial charge in [-0.25, -0.2) is 0 Å². The van der Waals surface area contributed by atoms with Crippen LogP contribution in [0.5, 0.6) is 0 Å². The molecule has 1 aromatic heterocycles. The molecular formula is C24H23N3O4S. The van der Waals surface area contributed by atoms with Crippen LogP contribution in [0, 0.1) is 17.0 Å². The van der Waals surface area contributed by atoms with Crippen LogP contribution in [0.25, 0.3) is 0 Å². The van der Waals surface area contributed by atoms with Crippen molar-refractivity contribution in [2.45, 2.75) is 39.2 Å². The predicted octanol–water partition coefficient (Wildman–Crippen LogP) is 5.03. The van der Waals surface area contributed by atoms with Gasteiger partial charge in [-0.05, 0) is 49.8 Å². The number of fused-ring (bicyclic) bond motifs is 1. The highest BCUT2D eigenvalue weighted by atomic mass is 32.1. The molecule has 0 radical (unpaired) electrons. The third-order valence-electron chi connectivity index (χ3n) is 5.59. The smallest absolute Gasteiger partial charge is 0.285 e. The highest BCUT2D eigenvalue weighted by Crippen LogP contribution is 2.38. The first-order valence-electron chi connectivity index (χ1n) is 10.5. The van der Waals surface area contributed by atoms with E-state index in [2.05, 4.69) is 10.6 Å². The lowest BCUT2D eigenvalue weighted by molar-refractivity contribution is -0.385. The van der Waals surface area contributed by atoms with E-state index < -0.39 is 10.8 Å². The van der Waals surface area contributed by atoms with Crippen molar-refractivity contribution in [3.05, 3.63) is 91.3 Å².